The second-order valence-corrected chi connectivity index (χ2v) is 8.28. The fourth-order valence-electron chi connectivity index (χ4n) is 4.00. The van der Waals surface area contributed by atoms with Gasteiger partial charge in [0.2, 0.25) is 5.91 Å². The quantitative estimate of drug-likeness (QED) is 0.438. The van der Waals surface area contributed by atoms with Crippen molar-refractivity contribution < 1.29 is 14.3 Å². The number of aryl methyl sites for hydroxylation is 2. The van der Waals surface area contributed by atoms with Crippen molar-refractivity contribution in [1.29, 1.82) is 0 Å². The normalized spacial score (nSPS) is 13.6. The first-order chi connectivity index (χ1) is 16.5. The number of hydrogen-bond donors (Lipinski definition) is 2. The zero-order valence-electron chi connectivity index (χ0n) is 19.2. The molecule has 6 heteroatoms. The first-order valence-electron chi connectivity index (χ1n) is 11.6. The van der Waals surface area contributed by atoms with Gasteiger partial charge in [-0.2, -0.15) is 0 Å². The third-order valence-corrected chi connectivity index (χ3v) is 5.73. The van der Waals surface area contributed by atoms with Gasteiger partial charge in [-0.05, 0) is 48.9 Å². The van der Waals surface area contributed by atoms with Crippen molar-refractivity contribution in [2.45, 2.75) is 45.1 Å². The lowest BCUT2D eigenvalue weighted by Crippen LogP contribution is -2.21. The van der Waals surface area contributed by atoms with E-state index in [0.717, 1.165) is 29.8 Å². The number of fused-ring (bicyclic) bond motifs is 3. The van der Waals surface area contributed by atoms with E-state index in [1.54, 1.807) is 12.1 Å². The summed E-state index contributed by atoms with van der Waals surface area (Å²) < 4.78 is 13.2. The number of hydrogen-bond acceptors (Lipinski definition) is 4. The van der Waals surface area contributed by atoms with E-state index in [9.17, 15) is 14.3 Å². The van der Waals surface area contributed by atoms with Crippen LogP contribution in [0.3, 0.4) is 0 Å². The summed E-state index contributed by atoms with van der Waals surface area (Å²) in [5, 5.41) is 13.8. The Morgan fingerprint density at radius 1 is 1.09 bits per heavy atom. The molecule has 1 aromatic heterocycles. The summed E-state index contributed by atoms with van der Waals surface area (Å²) in [7, 11) is 0. The van der Waals surface area contributed by atoms with Crippen molar-refractivity contribution in [2.24, 2.45) is 0 Å². The third kappa shape index (κ3) is 5.64. The number of rotatable bonds is 8. The van der Waals surface area contributed by atoms with Crippen molar-refractivity contribution in [3.63, 3.8) is 0 Å². The molecule has 0 radical (unpaired) electrons. The maximum absolute atomic E-state index is 13.2. The molecule has 5 nitrogen and oxygen atoms in total. The van der Waals surface area contributed by atoms with Gasteiger partial charge >= 0.3 is 0 Å². The van der Waals surface area contributed by atoms with Crippen LogP contribution in [0.1, 0.15) is 48.4 Å². The second-order valence-electron chi connectivity index (χ2n) is 8.28. The van der Waals surface area contributed by atoms with Gasteiger partial charge in [0.15, 0.2) is 5.82 Å². The summed E-state index contributed by atoms with van der Waals surface area (Å²) in [6.45, 7) is 2.06. The van der Waals surface area contributed by atoms with Crippen molar-refractivity contribution in [3.8, 4) is 11.3 Å². The first kappa shape index (κ1) is 23.5. The molecule has 1 heterocycles. The number of aliphatic hydroxyl groups excluding tert-OH is 1. The maximum Gasteiger partial charge on any atom is 0.229 e. The molecule has 3 aromatic rings. The molecular weight excluding hydrogens is 429 g/mol. The summed E-state index contributed by atoms with van der Waals surface area (Å²) in [5.74, 6) is -0.376. The van der Waals surface area contributed by atoms with Crippen molar-refractivity contribution >= 4 is 11.7 Å². The summed E-state index contributed by atoms with van der Waals surface area (Å²) >= 11 is 0. The fraction of sp³-hybridized carbons (Fsp3) is 0.250. The number of amides is 1. The molecule has 34 heavy (non-hydrogen) atoms. The molecule has 4 rings (SSSR count). The van der Waals surface area contributed by atoms with Crippen LogP contribution in [0.4, 0.5) is 10.2 Å². The molecule has 0 saturated carbocycles. The van der Waals surface area contributed by atoms with Gasteiger partial charge in [0, 0.05) is 5.56 Å². The second kappa shape index (κ2) is 11.0. The lowest BCUT2D eigenvalue weighted by molar-refractivity contribution is -0.115. The standard InChI is InChI=1S/C28H28FN3O2/c1-2-3-4-5-6-11-24(33)27-28(31-25(34)18-19-12-15-21(29)16-13-19)30-23-17-14-20-9-7-8-10-22(20)26(23)32-27/h3-10,12-13,15-16,24,33H,2,11,14,17-18H2,1H3,(H,30,31,34)/b4-3-,6-5-. The largest absolute Gasteiger partial charge is 0.386 e. The van der Waals surface area contributed by atoms with E-state index >= 15 is 0 Å². The summed E-state index contributed by atoms with van der Waals surface area (Å²) in [6, 6.07) is 13.9. The average Bonchev–Trinajstić information content (AvgIpc) is 2.84. The number of allylic oxidation sites excluding steroid dienone is 3. The smallest absolute Gasteiger partial charge is 0.229 e. The molecule has 0 bridgehead atoms. The zero-order valence-corrected chi connectivity index (χ0v) is 19.2. The zero-order chi connectivity index (χ0) is 23.9. The minimum absolute atomic E-state index is 0.0686. The molecule has 0 spiro atoms. The van der Waals surface area contributed by atoms with E-state index in [4.69, 9.17) is 9.97 Å². The van der Waals surface area contributed by atoms with Gasteiger partial charge < -0.3 is 10.4 Å². The van der Waals surface area contributed by atoms with Crippen LogP contribution in [0.5, 0.6) is 0 Å². The van der Waals surface area contributed by atoms with Crippen LogP contribution in [-0.2, 0) is 24.1 Å². The Bertz CT molecular complexity index is 1220. The average molecular weight is 458 g/mol. The van der Waals surface area contributed by atoms with Crippen molar-refractivity contribution in [1.82, 2.24) is 9.97 Å². The Kier molecular flexibility index (Phi) is 7.60. The van der Waals surface area contributed by atoms with E-state index in [-0.39, 0.29) is 24.0 Å². The highest BCUT2D eigenvalue weighted by atomic mass is 19.1. The minimum Gasteiger partial charge on any atom is -0.386 e. The van der Waals surface area contributed by atoms with Crippen LogP contribution in [0, 0.1) is 5.82 Å². The molecule has 2 aromatic carbocycles. The molecule has 174 valence electrons. The fourth-order valence-corrected chi connectivity index (χ4v) is 4.00. The van der Waals surface area contributed by atoms with Crippen LogP contribution in [0.25, 0.3) is 11.3 Å². The number of nitrogens with one attached hydrogen (secondary N) is 1. The minimum atomic E-state index is -0.931. The number of anilines is 1. The molecule has 1 aliphatic rings. The van der Waals surface area contributed by atoms with Crippen LogP contribution in [-0.4, -0.2) is 21.0 Å². The number of aromatic nitrogens is 2. The lowest BCUT2D eigenvalue weighted by Gasteiger charge is -2.22. The molecule has 0 aliphatic heterocycles. The van der Waals surface area contributed by atoms with Gasteiger partial charge in [-0.3, -0.25) is 4.79 Å². The van der Waals surface area contributed by atoms with E-state index in [1.165, 1.54) is 17.7 Å². The van der Waals surface area contributed by atoms with E-state index in [0.29, 0.717) is 24.1 Å². The highest BCUT2D eigenvalue weighted by molar-refractivity contribution is 5.92. The Hall–Kier alpha value is -3.64. The summed E-state index contributed by atoms with van der Waals surface area (Å²) in [5.41, 5.74) is 4.78. The Morgan fingerprint density at radius 3 is 2.65 bits per heavy atom. The highest BCUT2D eigenvalue weighted by Gasteiger charge is 2.24. The third-order valence-electron chi connectivity index (χ3n) is 5.73. The topological polar surface area (TPSA) is 75.1 Å². The number of carbonyl (C=O) groups is 1. The van der Waals surface area contributed by atoms with Gasteiger partial charge in [-0.25, -0.2) is 14.4 Å². The summed E-state index contributed by atoms with van der Waals surface area (Å²) in [6.07, 6.45) is 9.69. The Labute approximate surface area is 199 Å². The van der Waals surface area contributed by atoms with Crippen LogP contribution in [0.2, 0.25) is 0 Å². The van der Waals surface area contributed by atoms with Crippen molar-refractivity contribution in [2.75, 3.05) is 5.32 Å². The van der Waals surface area contributed by atoms with E-state index < -0.39 is 6.10 Å². The molecule has 0 saturated heterocycles. The monoisotopic (exact) mass is 457 g/mol. The number of aliphatic hydroxyl groups is 1. The number of benzene rings is 2. The maximum atomic E-state index is 13.2. The highest BCUT2D eigenvalue weighted by Crippen LogP contribution is 2.34. The van der Waals surface area contributed by atoms with Gasteiger partial charge in [0.1, 0.15) is 17.6 Å². The molecule has 1 atom stereocenters. The van der Waals surface area contributed by atoms with Gasteiger partial charge in [-0.15, -0.1) is 0 Å². The van der Waals surface area contributed by atoms with Crippen molar-refractivity contribution in [3.05, 3.63) is 101 Å². The van der Waals surface area contributed by atoms with Crippen LogP contribution >= 0.6 is 0 Å². The molecule has 1 aliphatic carbocycles. The first-order valence-corrected chi connectivity index (χ1v) is 11.6. The Morgan fingerprint density at radius 2 is 1.85 bits per heavy atom. The molecule has 1 unspecified atom stereocenters. The molecule has 0 fully saturated rings. The molecular formula is C28H28FN3O2. The van der Waals surface area contributed by atoms with Gasteiger partial charge in [0.25, 0.3) is 0 Å². The van der Waals surface area contributed by atoms with E-state index in [2.05, 4.69) is 18.3 Å². The van der Waals surface area contributed by atoms with Gasteiger partial charge in [-0.1, -0.05) is 67.6 Å². The number of halogens is 1. The van der Waals surface area contributed by atoms with Crippen LogP contribution < -0.4 is 5.32 Å². The Balaban J connectivity index is 1.64. The number of nitrogens with zero attached hydrogens (tertiary/aromatic N) is 2. The SMILES string of the molecule is CC/C=C\C=C/CC(O)c1nc2c(nc1NC(=O)Cc1ccc(F)cc1)CCc1ccccc1-2. The predicted molar refractivity (Wildman–Crippen MR) is 132 cm³/mol. The molecule has 2 N–H and O–H groups in total. The van der Waals surface area contributed by atoms with Crippen LogP contribution in [0.15, 0.2) is 72.8 Å². The predicted octanol–water partition coefficient (Wildman–Crippen LogP) is 5.51. The van der Waals surface area contributed by atoms with Gasteiger partial charge in [0.05, 0.1) is 17.8 Å². The molecule has 1 amide bonds. The summed E-state index contributed by atoms with van der Waals surface area (Å²) in [4.78, 5) is 22.3. The lowest BCUT2D eigenvalue weighted by atomic mass is 9.91. The van der Waals surface area contributed by atoms with E-state index in [1.807, 2.05) is 42.5 Å². The number of carbonyl (C=O) groups excluding carboxylic acids is 1.